The molecular weight excluding hydrogens is 400 g/mol. The molecule has 1 saturated heterocycles. The lowest BCUT2D eigenvalue weighted by molar-refractivity contribution is 0.0641. The summed E-state index contributed by atoms with van der Waals surface area (Å²) in [6.45, 7) is 4.44. The first-order chi connectivity index (χ1) is 14.2. The maximum atomic E-state index is 13.6. The van der Waals surface area contributed by atoms with Crippen LogP contribution in [0.1, 0.15) is 40.9 Å². The van der Waals surface area contributed by atoms with Crippen LogP contribution < -0.4 is 5.32 Å². The summed E-state index contributed by atoms with van der Waals surface area (Å²) in [5.41, 5.74) is 3.46. The van der Waals surface area contributed by atoms with Crippen molar-refractivity contribution in [2.24, 2.45) is 0 Å². The lowest BCUT2D eigenvalue weighted by Crippen LogP contribution is -2.40. The normalized spacial score (nSPS) is 16.4. The van der Waals surface area contributed by atoms with Crippen LogP contribution in [-0.2, 0) is 6.54 Å². The topological polar surface area (TPSA) is 75.9 Å². The number of pyridine rings is 1. The molecule has 0 bridgehead atoms. The van der Waals surface area contributed by atoms with Crippen molar-refractivity contribution in [3.63, 3.8) is 0 Å². The van der Waals surface area contributed by atoms with E-state index in [-0.39, 0.29) is 24.4 Å². The first-order valence-electron chi connectivity index (χ1n) is 10.1. The van der Waals surface area contributed by atoms with E-state index in [0.29, 0.717) is 6.54 Å². The van der Waals surface area contributed by atoms with Gasteiger partial charge in [-0.1, -0.05) is 6.07 Å². The number of amides is 1. The molecule has 1 fully saturated rings. The first kappa shape index (κ1) is 21.9. The number of rotatable bonds is 5. The Bertz CT molecular complexity index is 940. The summed E-state index contributed by atoms with van der Waals surface area (Å²) in [6, 6.07) is 11.9. The molecule has 2 aromatic heterocycles. The van der Waals surface area contributed by atoms with Crippen molar-refractivity contribution in [1.29, 1.82) is 0 Å². The van der Waals surface area contributed by atoms with Gasteiger partial charge >= 0.3 is 0 Å². The highest BCUT2D eigenvalue weighted by Gasteiger charge is 2.27. The van der Waals surface area contributed by atoms with Crippen molar-refractivity contribution in [2.45, 2.75) is 38.8 Å². The largest absolute Gasteiger partial charge is 0.330 e. The molecule has 0 saturated carbocycles. The van der Waals surface area contributed by atoms with Crippen LogP contribution in [0.5, 0.6) is 0 Å². The number of aryl methyl sites for hydroxylation is 1. The zero-order chi connectivity index (χ0) is 20.1. The molecule has 1 amide bonds. The van der Waals surface area contributed by atoms with Crippen molar-refractivity contribution in [2.75, 3.05) is 13.1 Å². The predicted octanol–water partition coefficient (Wildman–Crippen LogP) is 3.18. The lowest BCUT2D eigenvalue weighted by atomic mass is 10.0. The van der Waals surface area contributed by atoms with E-state index in [1.807, 2.05) is 48.2 Å². The third-order valence-electron chi connectivity index (χ3n) is 5.43. The Morgan fingerprint density at radius 2 is 2.13 bits per heavy atom. The molecule has 3 heterocycles. The molecule has 3 aromatic rings. The molecule has 30 heavy (non-hydrogen) atoms. The minimum atomic E-state index is 0. The Balaban J connectivity index is 0.00000256. The van der Waals surface area contributed by atoms with E-state index in [0.717, 1.165) is 54.9 Å². The van der Waals surface area contributed by atoms with Crippen LogP contribution in [0.2, 0.25) is 0 Å². The molecular formula is C22H27ClN6O. The number of nitrogens with one attached hydrogen (secondary N) is 1. The van der Waals surface area contributed by atoms with Crippen molar-refractivity contribution in [3.05, 3.63) is 72.1 Å². The van der Waals surface area contributed by atoms with Gasteiger partial charge in [-0.05, 0) is 75.2 Å². The average molecular weight is 427 g/mol. The van der Waals surface area contributed by atoms with E-state index in [9.17, 15) is 4.79 Å². The summed E-state index contributed by atoms with van der Waals surface area (Å²) in [4.78, 5) is 24.1. The van der Waals surface area contributed by atoms with Gasteiger partial charge in [0, 0.05) is 17.8 Å². The molecule has 0 spiro atoms. The van der Waals surface area contributed by atoms with Crippen molar-refractivity contribution in [3.8, 4) is 5.69 Å². The summed E-state index contributed by atoms with van der Waals surface area (Å²) in [7, 11) is 0. The molecule has 8 heteroatoms. The molecule has 1 aliphatic heterocycles. The maximum Gasteiger partial charge on any atom is 0.254 e. The van der Waals surface area contributed by atoms with Gasteiger partial charge in [-0.15, -0.1) is 12.4 Å². The number of carbonyl (C=O) groups is 1. The van der Waals surface area contributed by atoms with E-state index in [1.165, 1.54) is 6.33 Å². The van der Waals surface area contributed by atoms with Gasteiger partial charge < -0.3 is 10.2 Å². The zero-order valence-electron chi connectivity index (χ0n) is 17.1. The van der Waals surface area contributed by atoms with Gasteiger partial charge in [0.1, 0.15) is 12.7 Å². The monoisotopic (exact) mass is 426 g/mol. The van der Waals surface area contributed by atoms with Crippen molar-refractivity contribution >= 4 is 18.3 Å². The van der Waals surface area contributed by atoms with Gasteiger partial charge in [-0.2, -0.15) is 5.10 Å². The average Bonchev–Trinajstić information content (AvgIpc) is 3.15. The molecule has 1 atom stereocenters. The third-order valence-corrected chi connectivity index (χ3v) is 5.43. The molecule has 4 rings (SSSR count). The second kappa shape index (κ2) is 10.3. The number of hydrogen-bond acceptors (Lipinski definition) is 5. The summed E-state index contributed by atoms with van der Waals surface area (Å²) in [5, 5.41) is 7.61. The SMILES string of the molecule is Cc1cc(-n2cncn2)ccc1C(=O)N(Cc1ccccn1)C1CCCNCC1.Cl. The van der Waals surface area contributed by atoms with Crippen LogP contribution in [0, 0.1) is 6.92 Å². The van der Waals surface area contributed by atoms with Gasteiger partial charge in [0.05, 0.1) is 17.9 Å². The number of carbonyl (C=O) groups excluding carboxylic acids is 1. The van der Waals surface area contributed by atoms with Gasteiger partial charge in [0.15, 0.2) is 0 Å². The zero-order valence-corrected chi connectivity index (χ0v) is 17.9. The summed E-state index contributed by atoms with van der Waals surface area (Å²) < 4.78 is 1.70. The maximum absolute atomic E-state index is 13.6. The van der Waals surface area contributed by atoms with Crippen LogP contribution >= 0.6 is 12.4 Å². The Morgan fingerprint density at radius 3 is 2.87 bits per heavy atom. The lowest BCUT2D eigenvalue weighted by Gasteiger charge is -2.31. The number of halogens is 1. The molecule has 1 N–H and O–H groups in total. The van der Waals surface area contributed by atoms with Gasteiger partial charge in [0.25, 0.3) is 5.91 Å². The highest BCUT2D eigenvalue weighted by Crippen LogP contribution is 2.22. The number of hydrogen-bond donors (Lipinski definition) is 1. The number of aromatic nitrogens is 4. The second-order valence-electron chi connectivity index (χ2n) is 7.43. The van der Waals surface area contributed by atoms with Crippen LogP contribution in [0.25, 0.3) is 5.69 Å². The van der Waals surface area contributed by atoms with Gasteiger partial charge in [-0.3, -0.25) is 9.78 Å². The quantitative estimate of drug-likeness (QED) is 0.678. The summed E-state index contributed by atoms with van der Waals surface area (Å²) >= 11 is 0. The smallest absolute Gasteiger partial charge is 0.254 e. The van der Waals surface area contributed by atoms with Crippen LogP contribution in [0.4, 0.5) is 0 Å². The Hall–Kier alpha value is -2.77. The highest BCUT2D eigenvalue weighted by atomic mass is 35.5. The Morgan fingerprint density at radius 1 is 1.23 bits per heavy atom. The standard InChI is InChI=1S/C22H26N6O.ClH/c1-17-13-20(28-16-24-15-26-28)7-8-21(17)22(29)27(14-18-5-2-3-11-25-18)19-6-4-10-23-12-9-19;/h2-3,5,7-8,11,13,15-16,19,23H,4,6,9-10,12,14H2,1H3;1H. The van der Waals surface area contributed by atoms with Gasteiger partial charge in [-0.25, -0.2) is 9.67 Å². The molecule has 7 nitrogen and oxygen atoms in total. The van der Waals surface area contributed by atoms with E-state index in [1.54, 1.807) is 17.2 Å². The van der Waals surface area contributed by atoms with Crippen molar-refractivity contribution < 1.29 is 4.79 Å². The first-order valence-corrected chi connectivity index (χ1v) is 10.1. The molecule has 1 aromatic carbocycles. The molecule has 0 aliphatic carbocycles. The highest BCUT2D eigenvalue weighted by molar-refractivity contribution is 5.96. The van der Waals surface area contributed by atoms with Crippen LogP contribution in [-0.4, -0.2) is 49.7 Å². The Kier molecular flexibility index (Phi) is 7.54. The molecule has 158 valence electrons. The predicted molar refractivity (Wildman–Crippen MR) is 118 cm³/mol. The fourth-order valence-electron chi connectivity index (χ4n) is 3.87. The third kappa shape index (κ3) is 5.04. The minimum Gasteiger partial charge on any atom is -0.330 e. The van der Waals surface area contributed by atoms with E-state index in [4.69, 9.17) is 0 Å². The molecule has 0 radical (unpaired) electrons. The van der Waals surface area contributed by atoms with Crippen molar-refractivity contribution in [1.82, 2.24) is 30.0 Å². The fraction of sp³-hybridized carbons (Fsp3) is 0.364. The summed E-state index contributed by atoms with van der Waals surface area (Å²) in [6.07, 6.45) is 7.97. The van der Waals surface area contributed by atoms with E-state index < -0.39 is 0 Å². The fourth-order valence-corrected chi connectivity index (χ4v) is 3.87. The second-order valence-corrected chi connectivity index (χ2v) is 7.43. The van der Waals surface area contributed by atoms with Crippen LogP contribution in [0.3, 0.4) is 0 Å². The van der Waals surface area contributed by atoms with E-state index >= 15 is 0 Å². The number of nitrogens with zero attached hydrogens (tertiary/aromatic N) is 5. The minimum absolute atomic E-state index is 0. The number of benzene rings is 1. The molecule has 1 unspecified atom stereocenters. The van der Waals surface area contributed by atoms with Crippen LogP contribution in [0.15, 0.2) is 55.2 Å². The molecule has 1 aliphatic rings. The summed E-state index contributed by atoms with van der Waals surface area (Å²) in [5.74, 6) is 0.0604. The van der Waals surface area contributed by atoms with E-state index in [2.05, 4.69) is 20.4 Å². The van der Waals surface area contributed by atoms with Gasteiger partial charge in [0.2, 0.25) is 0 Å². The Labute approximate surface area is 182 Å².